The highest BCUT2D eigenvalue weighted by atomic mass is 19.1. The van der Waals surface area contributed by atoms with Gasteiger partial charge in [0.1, 0.15) is 23.7 Å². The number of ether oxygens (including phenoxy) is 1. The molecule has 0 aromatic heterocycles. The molecule has 2 fully saturated rings. The van der Waals surface area contributed by atoms with Gasteiger partial charge in [0.2, 0.25) is 17.4 Å². The van der Waals surface area contributed by atoms with E-state index in [1.165, 1.54) is 6.07 Å². The van der Waals surface area contributed by atoms with Crippen molar-refractivity contribution in [3.63, 3.8) is 0 Å². The molecule has 6 nitrogen and oxygen atoms in total. The fraction of sp³-hybridized carbons (Fsp3) is 0.375. The zero-order valence-electron chi connectivity index (χ0n) is 17.6. The number of carbonyl (C=O) groups is 3. The van der Waals surface area contributed by atoms with E-state index in [9.17, 15) is 18.8 Å². The second-order valence-corrected chi connectivity index (χ2v) is 8.08. The number of rotatable bonds is 6. The van der Waals surface area contributed by atoms with Crippen LogP contribution in [0.2, 0.25) is 0 Å². The Bertz CT molecular complexity index is 1010. The van der Waals surface area contributed by atoms with E-state index in [0.29, 0.717) is 24.1 Å². The fourth-order valence-corrected chi connectivity index (χ4v) is 5.20. The van der Waals surface area contributed by atoms with Crippen molar-refractivity contribution in [3.05, 3.63) is 66.0 Å². The number of esters is 1. The number of halogens is 1. The van der Waals surface area contributed by atoms with Gasteiger partial charge in [-0.25, -0.2) is 14.1 Å². The number of amides is 2. The molecule has 2 amide bonds. The van der Waals surface area contributed by atoms with Crippen LogP contribution in [0.3, 0.4) is 0 Å². The van der Waals surface area contributed by atoms with Crippen LogP contribution in [-0.4, -0.2) is 29.9 Å². The Labute approximate surface area is 180 Å². The van der Waals surface area contributed by atoms with E-state index in [0.717, 1.165) is 4.90 Å². The minimum atomic E-state index is -1.28. The smallest absolute Gasteiger partial charge is 0.368 e. The summed E-state index contributed by atoms with van der Waals surface area (Å²) in [5.41, 5.74) is -0.511. The van der Waals surface area contributed by atoms with E-state index in [2.05, 4.69) is 0 Å². The number of carbonyl (C=O) groups excluding carboxylic acids is 3. The zero-order valence-corrected chi connectivity index (χ0v) is 17.6. The van der Waals surface area contributed by atoms with Crippen molar-refractivity contribution in [3.8, 4) is 0 Å². The van der Waals surface area contributed by atoms with Crippen LogP contribution in [0.5, 0.6) is 0 Å². The highest BCUT2D eigenvalue weighted by Crippen LogP contribution is 2.47. The Kier molecular flexibility index (Phi) is 5.62. The number of benzene rings is 2. The van der Waals surface area contributed by atoms with E-state index in [1.54, 1.807) is 60.8 Å². The molecule has 2 aromatic carbocycles. The predicted octanol–water partition coefficient (Wildman–Crippen LogP) is 2.35. The molecule has 0 bridgehead atoms. The Balaban J connectivity index is 1.88. The standard InChI is InChI=1S/C24H25FN2O4/c1-3-14-24(23(30)31-4-2)19-18(20(26-24)16-12-8-9-13-17(16)25)21(28)27(22(19)29)15-10-6-5-7-11-15/h5-13,18-20,26H,3-4,14H2,1-2H3/p+1/t18-,19-,20-,24+/m0/s1. The Morgan fingerprint density at radius 1 is 1.06 bits per heavy atom. The first-order chi connectivity index (χ1) is 15.0. The molecule has 2 heterocycles. The maximum Gasteiger partial charge on any atom is 0.368 e. The number of anilines is 1. The van der Waals surface area contributed by atoms with Gasteiger partial charge in [-0.05, 0) is 31.5 Å². The number of nitrogens with zero attached hydrogens (tertiary/aromatic N) is 1. The van der Waals surface area contributed by atoms with Gasteiger partial charge < -0.3 is 10.1 Å². The highest BCUT2D eigenvalue weighted by Gasteiger charge is 2.72. The number of imide groups is 1. The van der Waals surface area contributed by atoms with Crippen molar-refractivity contribution in [1.29, 1.82) is 0 Å². The molecule has 31 heavy (non-hydrogen) atoms. The maximum atomic E-state index is 14.8. The molecule has 2 aromatic rings. The highest BCUT2D eigenvalue weighted by molar-refractivity contribution is 6.23. The normalized spacial score (nSPS) is 27.5. The minimum Gasteiger partial charge on any atom is -0.461 e. The lowest BCUT2D eigenvalue weighted by Gasteiger charge is -2.29. The molecular weight excluding hydrogens is 399 g/mol. The predicted molar refractivity (Wildman–Crippen MR) is 111 cm³/mol. The van der Waals surface area contributed by atoms with Crippen molar-refractivity contribution < 1.29 is 28.8 Å². The molecular formula is C24H26FN2O4+. The van der Waals surface area contributed by atoms with Gasteiger partial charge in [0.15, 0.2) is 0 Å². The lowest BCUT2D eigenvalue weighted by Crippen LogP contribution is -2.98. The topological polar surface area (TPSA) is 80.3 Å². The van der Waals surface area contributed by atoms with Gasteiger partial charge in [-0.1, -0.05) is 43.3 Å². The first-order valence-corrected chi connectivity index (χ1v) is 10.7. The average Bonchev–Trinajstić information content (AvgIpc) is 3.24. The van der Waals surface area contributed by atoms with Gasteiger partial charge >= 0.3 is 5.97 Å². The summed E-state index contributed by atoms with van der Waals surface area (Å²) in [5.74, 6) is -3.62. The van der Waals surface area contributed by atoms with Crippen LogP contribution in [0.15, 0.2) is 54.6 Å². The van der Waals surface area contributed by atoms with E-state index in [-0.39, 0.29) is 6.61 Å². The summed E-state index contributed by atoms with van der Waals surface area (Å²) < 4.78 is 20.2. The molecule has 4 atom stereocenters. The number of hydrogen-bond donors (Lipinski definition) is 1. The van der Waals surface area contributed by atoms with Crippen molar-refractivity contribution >= 4 is 23.5 Å². The maximum absolute atomic E-state index is 14.8. The number of para-hydroxylation sites is 1. The van der Waals surface area contributed by atoms with Crippen LogP contribution in [0.1, 0.15) is 38.3 Å². The van der Waals surface area contributed by atoms with Crippen LogP contribution in [0.4, 0.5) is 10.1 Å². The van der Waals surface area contributed by atoms with E-state index in [1.807, 2.05) is 6.92 Å². The van der Waals surface area contributed by atoms with Gasteiger partial charge in [-0.15, -0.1) is 0 Å². The van der Waals surface area contributed by atoms with Gasteiger partial charge in [0.05, 0.1) is 12.3 Å². The molecule has 2 N–H and O–H groups in total. The third-order valence-corrected chi connectivity index (χ3v) is 6.37. The van der Waals surface area contributed by atoms with Crippen molar-refractivity contribution in [1.82, 2.24) is 0 Å². The molecule has 4 rings (SSSR count). The van der Waals surface area contributed by atoms with E-state index >= 15 is 0 Å². The summed E-state index contributed by atoms with van der Waals surface area (Å²) in [5, 5.41) is 1.71. The first kappa shape index (κ1) is 21.2. The van der Waals surface area contributed by atoms with Crippen LogP contribution in [0, 0.1) is 17.7 Å². The number of nitrogens with two attached hydrogens (primary N) is 1. The summed E-state index contributed by atoms with van der Waals surface area (Å²) in [6, 6.07) is 14.2. The zero-order chi connectivity index (χ0) is 22.2. The molecule has 0 spiro atoms. The Morgan fingerprint density at radius 2 is 1.74 bits per heavy atom. The fourth-order valence-electron chi connectivity index (χ4n) is 5.20. The molecule has 2 saturated heterocycles. The summed E-state index contributed by atoms with van der Waals surface area (Å²) in [6.45, 7) is 3.77. The number of hydrogen-bond acceptors (Lipinski definition) is 4. The summed E-state index contributed by atoms with van der Waals surface area (Å²) >= 11 is 0. The third kappa shape index (κ3) is 3.24. The van der Waals surface area contributed by atoms with E-state index in [4.69, 9.17) is 4.74 Å². The SMILES string of the molecule is CCC[C@@]1(C(=O)OCC)[NH2+][C@@H](c2ccccc2F)[C@H]2C(=O)N(c3ccccc3)C(=O)[C@H]21. The van der Waals surface area contributed by atoms with Crippen LogP contribution >= 0.6 is 0 Å². The summed E-state index contributed by atoms with van der Waals surface area (Å²) in [7, 11) is 0. The first-order valence-electron chi connectivity index (χ1n) is 10.7. The number of quaternary nitrogens is 1. The van der Waals surface area contributed by atoms with Crippen molar-refractivity contribution in [2.45, 2.75) is 38.3 Å². The second-order valence-electron chi connectivity index (χ2n) is 8.08. The molecule has 2 aliphatic heterocycles. The van der Waals surface area contributed by atoms with Crippen molar-refractivity contribution in [2.75, 3.05) is 11.5 Å². The molecule has 0 unspecified atom stereocenters. The molecule has 0 radical (unpaired) electrons. The number of fused-ring (bicyclic) bond motifs is 1. The Morgan fingerprint density at radius 3 is 2.39 bits per heavy atom. The van der Waals surface area contributed by atoms with Gasteiger partial charge in [0.25, 0.3) is 0 Å². The third-order valence-electron chi connectivity index (χ3n) is 6.37. The molecule has 0 aliphatic carbocycles. The monoisotopic (exact) mass is 425 g/mol. The quantitative estimate of drug-likeness (QED) is 0.569. The van der Waals surface area contributed by atoms with Crippen LogP contribution < -0.4 is 10.2 Å². The Hall–Kier alpha value is -3.06. The van der Waals surface area contributed by atoms with Gasteiger partial charge in [-0.2, -0.15) is 0 Å². The lowest BCUT2D eigenvalue weighted by atomic mass is 9.77. The average molecular weight is 425 g/mol. The second kappa shape index (κ2) is 8.23. The molecule has 162 valence electrons. The van der Waals surface area contributed by atoms with Crippen molar-refractivity contribution in [2.24, 2.45) is 11.8 Å². The van der Waals surface area contributed by atoms with E-state index < -0.39 is 47.0 Å². The van der Waals surface area contributed by atoms with Gasteiger partial charge in [0, 0.05) is 12.0 Å². The summed E-state index contributed by atoms with van der Waals surface area (Å²) in [4.78, 5) is 41.6. The summed E-state index contributed by atoms with van der Waals surface area (Å²) in [6.07, 6.45) is 0.953. The van der Waals surface area contributed by atoms with Crippen LogP contribution in [-0.2, 0) is 19.1 Å². The van der Waals surface area contributed by atoms with Crippen LogP contribution in [0.25, 0.3) is 0 Å². The molecule has 0 saturated carbocycles. The molecule has 7 heteroatoms. The largest absolute Gasteiger partial charge is 0.461 e. The molecule has 2 aliphatic rings. The minimum absolute atomic E-state index is 0.157. The van der Waals surface area contributed by atoms with Gasteiger partial charge in [-0.3, -0.25) is 9.59 Å². The lowest BCUT2D eigenvalue weighted by molar-refractivity contribution is -0.735.